The fourth-order valence-corrected chi connectivity index (χ4v) is 2.69. The van der Waals surface area contributed by atoms with Crippen molar-refractivity contribution in [3.05, 3.63) is 35.4 Å². The van der Waals surface area contributed by atoms with E-state index in [1.54, 1.807) is 0 Å². The second kappa shape index (κ2) is 7.27. The van der Waals surface area contributed by atoms with Crippen LogP contribution in [0.5, 0.6) is 23.0 Å². The van der Waals surface area contributed by atoms with Gasteiger partial charge in [-0.25, -0.2) is 0 Å². The zero-order chi connectivity index (χ0) is 17.0. The third-order valence-corrected chi connectivity index (χ3v) is 3.95. The highest BCUT2D eigenvalue weighted by atomic mass is 16.5. The van der Waals surface area contributed by atoms with Gasteiger partial charge in [-0.3, -0.25) is 0 Å². The van der Waals surface area contributed by atoms with Gasteiger partial charge in [-0.15, -0.1) is 0 Å². The van der Waals surface area contributed by atoms with Crippen LogP contribution in [0.15, 0.2) is 24.3 Å². The molecule has 23 heavy (non-hydrogen) atoms. The summed E-state index contributed by atoms with van der Waals surface area (Å²) in [6.07, 6.45) is 2.66. The van der Waals surface area contributed by atoms with E-state index >= 15 is 0 Å². The Morgan fingerprint density at radius 3 is 1.70 bits per heavy atom. The normalized spacial score (nSPS) is 10.6. The number of phenolic OH excluding ortho intramolecular Hbond substituents is 2. The van der Waals surface area contributed by atoms with Gasteiger partial charge in [0.1, 0.15) is 0 Å². The molecule has 0 saturated carbocycles. The number of rotatable bonds is 6. The molecule has 0 aliphatic rings. The summed E-state index contributed by atoms with van der Waals surface area (Å²) in [7, 11) is 3.05. The Labute approximate surface area is 137 Å². The number of hydrogen-bond acceptors (Lipinski definition) is 4. The molecule has 0 heterocycles. The zero-order valence-corrected chi connectivity index (χ0v) is 14.1. The Balaban J connectivity index is 2.72. The largest absolute Gasteiger partial charge is 0.504 e. The monoisotopic (exact) mass is 316 g/mol. The molecule has 4 nitrogen and oxygen atoms in total. The number of aryl methyl sites for hydroxylation is 2. The van der Waals surface area contributed by atoms with Crippen molar-refractivity contribution in [3.63, 3.8) is 0 Å². The summed E-state index contributed by atoms with van der Waals surface area (Å²) in [5.74, 6) is 0.860. The molecule has 0 atom stereocenters. The van der Waals surface area contributed by atoms with Gasteiger partial charge >= 0.3 is 0 Å². The molecule has 0 saturated heterocycles. The first-order valence-corrected chi connectivity index (χ1v) is 7.85. The van der Waals surface area contributed by atoms with Crippen LogP contribution >= 0.6 is 0 Å². The molecule has 0 aromatic heterocycles. The van der Waals surface area contributed by atoms with Crippen LogP contribution in [-0.2, 0) is 12.8 Å². The van der Waals surface area contributed by atoms with Gasteiger partial charge in [-0.05, 0) is 48.2 Å². The van der Waals surface area contributed by atoms with E-state index < -0.39 is 0 Å². The van der Waals surface area contributed by atoms with Crippen molar-refractivity contribution >= 4 is 0 Å². The molecule has 0 bridgehead atoms. The van der Waals surface area contributed by atoms with E-state index in [1.807, 2.05) is 31.2 Å². The van der Waals surface area contributed by atoms with Crippen LogP contribution in [0, 0.1) is 0 Å². The molecule has 2 aromatic carbocycles. The number of aromatic hydroxyl groups is 2. The first kappa shape index (κ1) is 17.0. The van der Waals surface area contributed by atoms with Crippen molar-refractivity contribution in [2.24, 2.45) is 0 Å². The number of methoxy groups -OCH3 is 2. The number of hydrogen-bond donors (Lipinski definition) is 2. The summed E-state index contributed by atoms with van der Waals surface area (Å²) < 4.78 is 10.5. The zero-order valence-electron chi connectivity index (χ0n) is 14.1. The molecule has 0 aliphatic heterocycles. The van der Waals surface area contributed by atoms with E-state index in [-0.39, 0.29) is 11.5 Å². The SMILES string of the molecule is CCCc1cc(OC)c(O)c(-c2cc(CC)cc(OC)c2O)c1. The van der Waals surface area contributed by atoms with Crippen molar-refractivity contribution in [2.45, 2.75) is 33.1 Å². The Hall–Kier alpha value is -2.36. The lowest BCUT2D eigenvalue weighted by Gasteiger charge is -2.16. The molecule has 0 fully saturated rings. The van der Waals surface area contributed by atoms with Crippen molar-refractivity contribution < 1.29 is 19.7 Å². The van der Waals surface area contributed by atoms with Gasteiger partial charge in [0.05, 0.1) is 14.2 Å². The van der Waals surface area contributed by atoms with Crippen molar-refractivity contribution in [1.82, 2.24) is 0 Å². The summed E-state index contributed by atoms with van der Waals surface area (Å²) in [5, 5.41) is 21.0. The Kier molecular flexibility index (Phi) is 5.37. The second-order valence-electron chi connectivity index (χ2n) is 5.49. The average Bonchev–Trinajstić information content (AvgIpc) is 2.57. The molecule has 124 valence electrons. The quantitative estimate of drug-likeness (QED) is 0.834. The number of benzene rings is 2. The standard InChI is InChI=1S/C19H24O4/c1-5-7-13-9-15(19(21)17(11-13)23-4)14-8-12(6-2)10-16(22-3)18(14)20/h8-11,20-21H,5-7H2,1-4H3. The van der Waals surface area contributed by atoms with Gasteiger partial charge < -0.3 is 19.7 Å². The van der Waals surface area contributed by atoms with Gasteiger partial charge in [-0.1, -0.05) is 20.3 Å². The van der Waals surface area contributed by atoms with Gasteiger partial charge in [0.2, 0.25) is 0 Å². The highest BCUT2D eigenvalue weighted by molar-refractivity contribution is 5.81. The Morgan fingerprint density at radius 1 is 0.783 bits per heavy atom. The summed E-state index contributed by atoms with van der Waals surface area (Å²) in [5.41, 5.74) is 3.18. The fraction of sp³-hybridized carbons (Fsp3) is 0.368. The van der Waals surface area contributed by atoms with E-state index in [0.29, 0.717) is 22.6 Å². The number of phenols is 2. The van der Waals surface area contributed by atoms with E-state index in [4.69, 9.17) is 9.47 Å². The molecule has 2 N–H and O–H groups in total. The van der Waals surface area contributed by atoms with Gasteiger partial charge in [0.25, 0.3) is 0 Å². The lowest BCUT2D eigenvalue weighted by atomic mass is 9.96. The molecule has 0 unspecified atom stereocenters. The highest BCUT2D eigenvalue weighted by Crippen LogP contribution is 2.45. The van der Waals surface area contributed by atoms with E-state index in [2.05, 4.69) is 6.92 Å². The maximum absolute atomic E-state index is 10.5. The molecule has 2 rings (SSSR count). The van der Waals surface area contributed by atoms with Crippen LogP contribution in [0.1, 0.15) is 31.4 Å². The first-order valence-electron chi connectivity index (χ1n) is 7.85. The lowest BCUT2D eigenvalue weighted by molar-refractivity contribution is 0.370. The van der Waals surface area contributed by atoms with Gasteiger partial charge in [0.15, 0.2) is 23.0 Å². The second-order valence-corrected chi connectivity index (χ2v) is 5.49. The number of ether oxygens (including phenoxy) is 2. The molecular weight excluding hydrogens is 292 g/mol. The minimum Gasteiger partial charge on any atom is -0.504 e. The Morgan fingerprint density at radius 2 is 1.26 bits per heavy atom. The molecule has 0 spiro atoms. The topological polar surface area (TPSA) is 58.9 Å². The molecule has 0 aliphatic carbocycles. The van der Waals surface area contributed by atoms with Crippen LogP contribution in [0.2, 0.25) is 0 Å². The third-order valence-electron chi connectivity index (χ3n) is 3.95. The minimum absolute atomic E-state index is 0.0238. The van der Waals surface area contributed by atoms with Crippen LogP contribution in [0.25, 0.3) is 11.1 Å². The molecule has 0 amide bonds. The van der Waals surface area contributed by atoms with Gasteiger partial charge in [0, 0.05) is 11.1 Å². The average molecular weight is 316 g/mol. The molecular formula is C19H24O4. The van der Waals surface area contributed by atoms with Crippen molar-refractivity contribution in [3.8, 4) is 34.1 Å². The maximum atomic E-state index is 10.5. The summed E-state index contributed by atoms with van der Waals surface area (Å²) in [6.45, 7) is 4.13. The summed E-state index contributed by atoms with van der Waals surface area (Å²) in [6, 6.07) is 7.42. The summed E-state index contributed by atoms with van der Waals surface area (Å²) in [4.78, 5) is 0. The molecule has 4 heteroatoms. The lowest BCUT2D eigenvalue weighted by Crippen LogP contribution is -1.94. The van der Waals surface area contributed by atoms with E-state index in [9.17, 15) is 10.2 Å². The predicted octanol–water partition coefficient (Wildman–Crippen LogP) is 4.30. The van der Waals surface area contributed by atoms with Crippen molar-refractivity contribution in [1.29, 1.82) is 0 Å². The molecule has 2 aromatic rings. The Bertz CT molecular complexity index is 692. The highest BCUT2D eigenvalue weighted by Gasteiger charge is 2.18. The predicted molar refractivity (Wildman–Crippen MR) is 91.7 cm³/mol. The van der Waals surface area contributed by atoms with Crippen LogP contribution < -0.4 is 9.47 Å². The third kappa shape index (κ3) is 3.36. The van der Waals surface area contributed by atoms with Gasteiger partial charge in [-0.2, -0.15) is 0 Å². The smallest absolute Gasteiger partial charge is 0.165 e. The maximum Gasteiger partial charge on any atom is 0.165 e. The summed E-state index contributed by atoms with van der Waals surface area (Å²) >= 11 is 0. The minimum atomic E-state index is 0.0238. The first-order chi connectivity index (χ1) is 11.0. The van der Waals surface area contributed by atoms with E-state index in [0.717, 1.165) is 30.4 Å². The van der Waals surface area contributed by atoms with E-state index in [1.165, 1.54) is 14.2 Å². The molecule has 0 radical (unpaired) electrons. The van der Waals surface area contributed by atoms with Crippen LogP contribution in [0.4, 0.5) is 0 Å². The van der Waals surface area contributed by atoms with Crippen LogP contribution in [0.3, 0.4) is 0 Å². The van der Waals surface area contributed by atoms with Crippen molar-refractivity contribution in [2.75, 3.05) is 14.2 Å². The fourth-order valence-electron chi connectivity index (χ4n) is 2.69. The van der Waals surface area contributed by atoms with Crippen LogP contribution in [-0.4, -0.2) is 24.4 Å².